The van der Waals surface area contributed by atoms with E-state index in [1.54, 1.807) is 12.1 Å². The lowest BCUT2D eigenvalue weighted by atomic mass is 10.0. The summed E-state index contributed by atoms with van der Waals surface area (Å²) in [5.74, 6) is 0.0451. The molecule has 0 radical (unpaired) electrons. The van der Waals surface area contributed by atoms with Crippen LogP contribution in [0.3, 0.4) is 0 Å². The van der Waals surface area contributed by atoms with E-state index in [2.05, 4.69) is 17.9 Å². The highest BCUT2D eigenvalue weighted by Crippen LogP contribution is 2.15. The fourth-order valence-corrected chi connectivity index (χ4v) is 2.45. The minimum atomic E-state index is -0.00542. The molecule has 1 N–H and O–H groups in total. The van der Waals surface area contributed by atoms with Crippen LogP contribution in [0.2, 0.25) is 0 Å². The number of benzene rings is 1. The third kappa shape index (κ3) is 3.73. The Kier molecular flexibility index (Phi) is 4.47. The van der Waals surface area contributed by atoms with E-state index in [9.17, 15) is 9.59 Å². The first-order valence-corrected chi connectivity index (χ1v) is 6.86. The molecule has 2 rings (SSSR count). The summed E-state index contributed by atoms with van der Waals surface area (Å²) in [4.78, 5) is 25.9. The number of nitrogens with zero attached hydrogens (tertiary/aromatic N) is 1. The van der Waals surface area contributed by atoms with Crippen molar-refractivity contribution < 1.29 is 9.59 Å². The predicted molar refractivity (Wildman–Crippen MR) is 76.4 cm³/mol. The number of carbonyl (C=O) groups is 2. The smallest absolute Gasteiger partial charge is 0.253 e. The maximum atomic E-state index is 12.3. The van der Waals surface area contributed by atoms with E-state index in [0.29, 0.717) is 18.7 Å². The summed E-state index contributed by atoms with van der Waals surface area (Å²) in [5.41, 5.74) is 0.691. The van der Waals surface area contributed by atoms with Gasteiger partial charge in [-0.3, -0.25) is 9.59 Å². The molecule has 102 valence electrons. The molecule has 0 atom stereocenters. The lowest BCUT2D eigenvalue weighted by molar-refractivity contribution is -0.119. The molecule has 1 aliphatic heterocycles. The van der Waals surface area contributed by atoms with Crippen LogP contribution in [-0.2, 0) is 4.79 Å². The summed E-state index contributed by atoms with van der Waals surface area (Å²) in [7, 11) is 0. The number of thiol groups is 1. The van der Waals surface area contributed by atoms with Gasteiger partial charge in [0, 0.05) is 36.5 Å². The van der Waals surface area contributed by atoms with Crippen LogP contribution in [0.25, 0.3) is 0 Å². The molecule has 1 aromatic carbocycles. The quantitative estimate of drug-likeness (QED) is 0.809. The molecule has 5 heteroatoms. The maximum absolute atomic E-state index is 12.3. The number of hydrogen-bond acceptors (Lipinski definition) is 3. The molecule has 0 bridgehead atoms. The van der Waals surface area contributed by atoms with Crippen LogP contribution < -0.4 is 5.32 Å². The normalized spacial score (nSPS) is 16.2. The van der Waals surface area contributed by atoms with Crippen LogP contribution in [0.15, 0.2) is 29.2 Å². The van der Waals surface area contributed by atoms with Crippen LogP contribution >= 0.6 is 12.6 Å². The fraction of sp³-hybridized carbons (Fsp3) is 0.429. The number of nitrogens with one attached hydrogen (secondary N) is 1. The van der Waals surface area contributed by atoms with E-state index in [-0.39, 0.29) is 17.9 Å². The Morgan fingerprint density at radius 2 is 1.79 bits per heavy atom. The fourth-order valence-electron chi connectivity index (χ4n) is 2.30. The number of amides is 2. The summed E-state index contributed by atoms with van der Waals surface area (Å²) in [6.45, 7) is 2.90. The topological polar surface area (TPSA) is 49.4 Å². The molecule has 1 saturated heterocycles. The third-order valence-electron chi connectivity index (χ3n) is 3.30. The Balaban J connectivity index is 1.92. The van der Waals surface area contributed by atoms with Gasteiger partial charge in [0.15, 0.2) is 0 Å². The highest BCUT2D eigenvalue weighted by molar-refractivity contribution is 7.80. The maximum Gasteiger partial charge on any atom is 0.253 e. The van der Waals surface area contributed by atoms with Crippen LogP contribution in [0.5, 0.6) is 0 Å². The van der Waals surface area contributed by atoms with Gasteiger partial charge in [-0.2, -0.15) is 0 Å². The molecule has 0 aliphatic carbocycles. The highest BCUT2D eigenvalue weighted by Gasteiger charge is 2.23. The molecule has 0 aromatic heterocycles. The lowest BCUT2D eigenvalue weighted by Crippen LogP contribution is -2.46. The molecular formula is C14H18N2O2S. The Bertz CT molecular complexity index is 465. The molecular weight excluding hydrogens is 260 g/mol. The zero-order chi connectivity index (χ0) is 13.8. The SMILES string of the molecule is CC(=O)NC1CCN(C(=O)c2ccc(S)cc2)CC1. The molecule has 1 aromatic rings. The van der Waals surface area contributed by atoms with Crippen LogP contribution in [0, 0.1) is 0 Å². The van der Waals surface area contributed by atoms with Crippen molar-refractivity contribution in [3.63, 3.8) is 0 Å². The summed E-state index contributed by atoms with van der Waals surface area (Å²) < 4.78 is 0. The van der Waals surface area contributed by atoms with E-state index in [1.165, 1.54) is 6.92 Å². The number of carbonyl (C=O) groups excluding carboxylic acids is 2. The molecule has 1 heterocycles. The van der Waals surface area contributed by atoms with E-state index in [4.69, 9.17) is 0 Å². The van der Waals surface area contributed by atoms with E-state index in [1.807, 2.05) is 17.0 Å². The molecule has 0 unspecified atom stereocenters. The van der Waals surface area contributed by atoms with Crippen molar-refractivity contribution >= 4 is 24.4 Å². The highest BCUT2D eigenvalue weighted by atomic mass is 32.1. The van der Waals surface area contributed by atoms with Crippen molar-refractivity contribution in [3.05, 3.63) is 29.8 Å². The largest absolute Gasteiger partial charge is 0.353 e. The molecule has 19 heavy (non-hydrogen) atoms. The zero-order valence-electron chi connectivity index (χ0n) is 10.9. The summed E-state index contributed by atoms with van der Waals surface area (Å²) in [6.07, 6.45) is 1.63. The average Bonchev–Trinajstić information content (AvgIpc) is 2.39. The Morgan fingerprint density at radius 1 is 1.21 bits per heavy atom. The van der Waals surface area contributed by atoms with Gasteiger partial charge in [-0.15, -0.1) is 12.6 Å². The van der Waals surface area contributed by atoms with Crippen molar-refractivity contribution in [2.75, 3.05) is 13.1 Å². The van der Waals surface area contributed by atoms with Crippen molar-refractivity contribution in [1.29, 1.82) is 0 Å². The standard InChI is InChI=1S/C14H18N2O2S/c1-10(17)15-12-6-8-16(9-7-12)14(18)11-2-4-13(19)5-3-11/h2-5,12,19H,6-9H2,1H3,(H,15,17). The lowest BCUT2D eigenvalue weighted by Gasteiger charge is -2.32. The monoisotopic (exact) mass is 278 g/mol. The summed E-state index contributed by atoms with van der Waals surface area (Å²) >= 11 is 4.21. The molecule has 1 aliphatic rings. The van der Waals surface area contributed by atoms with Gasteiger partial charge in [0.1, 0.15) is 0 Å². The molecule has 0 spiro atoms. The van der Waals surface area contributed by atoms with E-state index in [0.717, 1.165) is 17.7 Å². The van der Waals surface area contributed by atoms with Crippen molar-refractivity contribution in [2.24, 2.45) is 0 Å². The van der Waals surface area contributed by atoms with Crippen LogP contribution in [-0.4, -0.2) is 35.8 Å². The molecule has 4 nitrogen and oxygen atoms in total. The predicted octanol–water partition coefficient (Wildman–Crippen LogP) is 1.72. The molecule has 0 saturated carbocycles. The van der Waals surface area contributed by atoms with Crippen LogP contribution in [0.1, 0.15) is 30.1 Å². The first-order chi connectivity index (χ1) is 9.06. The number of likely N-dealkylation sites (tertiary alicyclic amines) is 1. The van der Waals surface area contributed by atoms with Crippen molar-refractivity contribution in [2.45, 2.75) is 30.7 Å². The van der Waals surface area contributed by atoms with Crippen molar-refractivity contribution in [1.82, 2.24) is 10.2 Å². The van der Waals surface area contributed by atoms with Gasteiger partial charge in [-0.1, -0.05) is 0 Å². The van der Waals surface area contributed by atoms with Gasteiger partial charge in [-0.05, 0) is 37.1 Å². The van der Waals surface area contributed by atoms with Gasteiger partial charge in [0.2, 0.25) is 5.91 Å². The average molecular weight is 278 g/mol. The first-order valence-electron chi connectivity index (χ1n) is 6.41. The van der Waals surface area contributed by atoms with Gasteiger partial charge in [-0.25, -0.2) is 0 Å². The van der Waals surface area contributed by atoms with Crippen molar-refractivity contribution in [3.8, 4) is 0 Å². The second-order valence-corrected chi connectivity index (χ2v) is 5.33. The van der Waals surface area contributed by atoms with Gasteiger partial charge in [0.25, 0.3) is 5.91 Å². The second-order valence-electron chi connectivity index (χ2n) is 4.81. The minimum Gasteiger partial charge on any atom is -0.353 e. The van der Waals surface area contributed by atoms with E-state index >= 15 is 0 Å². The summed E-state index contributed by atoms with van der Waals surface area (Å²) in [5, 5.41) is 2.90. The Labute approximate surface area is 118 Å². The first kappa shape index (κ1) is 13.9. The number of rotatable bonds is 2. The zero-order valence-corrected chi connectivity index (χ0v) is 11.8. The third-order valence-corrected chi connectivity index (χ3v) is 3.60. The molecule has 1 fully saturated rings. The Hall–Kier alpha value is -1.49. The van der Waals surface area contributed by atoms with E-state index < -0.39 is 0 Å². The van der Waals surface area contributed by atoms with Crippen LogP contribution in [0.4, 0.5) is 0 Å². The molecule has 2 amide bonds. The summed E-state index contributed by atoms with van der Waals surface area (Å²) in [6, 6.07) is 7.43. The Morgan fingerprint density at radius 3 is 2.32 bits per heavy atom. The van der Waals surface area contributed by atoms with Gasteiger partial charge >= 0.3 is 0 Å². The second kappa shape index (κ2) is 6.10. The number of hydrogen-bond donors (Lipinski definition) is 2. The van der Waals surface area contributed by atoms with Gasteiger partial charge < -0.3 is 10.2 Å². The number of piperidine rings is 1. The minimum absolute atomic E-state index is 0.00542. The van der Waals surface area contributed by atoms with Gasteiger partial charge in [0.05, 0.1) is 0 Å².